The Labute approximate surface area is 788 Å². The lowest BCUT2D eigenvalue weighted by Crippen LogP contribution is -2.81. The fourth-order valence-electron chi connectivity index (χ4n) is 37.3. The number of benzene rings is 21. The Bertz CT molecular complexity index is 10400. The van der Waals surface area contributed by atoms with Gasteiger partial charge in [-0.3, -0.25) is 43.2 Å². The highest BCUT2D eigenvalue weighted by Gasteiger charge is 3.02. The molecule has 1 aliphatic heterocycles. The Hall–Kier alpha value is -15.2. The zero-order valence-corrected chi connectivity index (χ0v) is 76.2. The lowest BCUT2D eigenvalue weighted by molar-refractivity contribution is -0.345. The Kier molecular flexibility index (Phi) is 10.7. The highest BCUT2D eigenvalue weighted by Crippen LogP contribution is 2.97. The minimum atomic E-state index is -2.45. The van der Waals surface area contributed by atoms with Gasteiger partial charge in [-0.2, -0.15) is 0 Å². The van der Waals surface area contributed by atoms with Crippen molar-refractivity contribution in [3.8, 4) is 0 Å². The highest BCUT2D eigenvalue weighted by molar-refractivity contribution is 6.83. The summed E-state index contributed by atoms with van der Waals surface area (Å²) in [7, 11) is 0. The van der Waals surface area contributed by atoms with Crippen LogP contribution < -0.4 is 10.6 Å². The third-order valence-electron chi connectivity index (χ3n) is 40.9. The first-order chi connectivity index (χ1) is 68.4. The summed E-state index contributed by atoms with van der Waals surface area (Å²) in [6.07, 6.45) is -10.7. The van der Waals surface area contributed by atoms with E-state index in [0.717, 1.165) is 29.2 Å². The number of hydrogen-bond donors (Lipinski definition) is 4. The molecule has 9 aliphatic rings. The molecular formula is C120H68N2O19. The van der Waals surface area contributed by atoms with E-state index in [2.05, 4.69) is 10.6 Å². The number of allylic oxidation sites excluding steroid dienone is 1. The maximum Gasteiger partial charge on any atom is 0.338 e. The summed E-state index contributed by atoms with van der Waals surface area (Å²) in [5.74, 6) is -10.7. The molecule has 4 fully saturated rings. The Morgan fingerprint density at radius 2 is 0.865 bits per heavy atom. The fourth-order valence-corrected chi connectivity index (χ4v) is 37.3. The summed E-state index contributed by atoms with van der Waals surface area (Å²) in [5, 5.41) is 107. The first-order valence-electron chi connectivity index (χ1n) is 49.8. The van der Waals surface area contributed by atoms with Crippen LogP contribution in [0.5, 0.6) is 0 Å². The standard InChI is InChI=1S/C120H68N2O19/c1-8-135-112(132)120(113(133)136-28-18-27-121-43(127)25-26-44(128)139-105(104(36-19-12-9-13-20-36)122-110(130)37-21-14-10-15-22-37)40(125)29-39-31-117(134)109(140-111(131)38-23-16-11-17-24-38)107-115(7,41(126)30-42-116(107,32-137-42)141-35(4)124)108(129)106(138-34(3)123)99(33(39)2)114(117,5)6)118-100-91-83-73-63-55-47-45-46-49-53-51(47)59-67-61(53)71-65-57(49)58-50(46)54-52-48(45)56(55)64-70-60(52)68-62(54)72-66(58)76-75(65)85-79(71)89-81(67)87(77(83)69(59)63)95(100)97(89)102-93(85)94-86(76)80(72)90-82(68)88-78(70)84(74(64)73)92(91)101(118)96(88)98(90)103(94)119(102,118)120/h9-17,19-24,39,41-42,104-107,109,126,134H,8,18,25-32H2,1-7H3,(H,121,127)(H,122,130)/t39-,41-,42+,104?,105-,106+,107-,109-,115+,116-,117+,118?,119?,120?/m0/s1. The van der Waals surface area contributed by atoms with E-state index in [1.165, 1.54) is 317 Å². The van der Waals surface area contributed by atoms with Gasteiger partial charge in [0.15, 0.2) is 34.8 Å². The molecule has 672 valence electrons. The van der Waals surface area contributed by atoms with Gasteiger partial charge in [-0.05, 0) is 388 Å². The molecule has 11 atom stereocenters. The summed E-state index contributed by atoms with van der Waals surface area (Å²) >= 11 is 0. The molecule has 21 nitrogen and oxygen atoms in total. The third-order valence-corrected chi connectivity index (χ3v) is 40.9. The highest BCUT2D eigenvalue weighted by atomic mass is 16.6. The third kappa shape index (κ3) is 6.08. The number of ether oxygens (including phenoxy) is 7. The summed E-state index contributed by atoms with van der Waals surface area (Å²) in [5.41, 5.74) is -7.59. The molecule has 141 heavy (non-hydrogen) atoms. The molecule has 0 radical (unpaired) electrons. The fraction of sp³-hybridized carbons (Fsp3) is 0.267. The molecule has 21 heteroatoms. The predicted molar refractivity (Wildman–Crippen MR) is 536 cm³/mol. The number of fused-ring (bicyclic) bond motifs is 5. The quantitative estimate of drug-likeness (QED) is 0.0122. The molecule has 2 bridgehead atoms. The van der Waals surface area contributed by atoms with E-state index in [9.17, 15) is 29.4 Å². The number of nitrogens with one attached hydrogen (secondary N) is 2. The van der Waals surface area contributed by atoms with Gasteiger partial charge in [0, 0.05) is 50.6 Å². The van der Waals surface area contributed by atoms with Crippen LogP contribution in [0.15, 0.2) is 102 Å². The van der Waals surface area contributed by atoms with Gasteiger partial charge in [0.1, 0.15) is 17.8 Å². The van der Waals surface area contributed by atoms with Crippen molar-refractivity contribution in [2.75, 3.05) is 26.4 Å². The van der Waals surface area contributed by atoms with Crippen molar-refractivity contribution in [2.45, 2.75) is 146 Å². The monoisotopic (exact) mass is 1840 g/mol. The first-order valence-corrected chi connectivity index (χ1v) is 49.8. The van der Waals surface area contributed by atoms with Crippen LogP contribution >= 0.6 is 0 Å². The van der Waals surface area contributed by atoms with E-state index >= 15 is 28.8 Å². The van der Waals surface area contributed by atoms with Crippen LogP contribution in [0.1, 0.15) is 142 Å². The predicted octanol–water partition coefficient (Wildman–Crippen LogP) is 20.7. The maximum atomic E-state index is 17.9. The number of aliphatic hydroxyl groups excluding tert-OH is 1. The second-order valence-corrected chi connectivity index (χ2v) is 45.3. The smallest absolute Gasteiger partial charge is 0.338 e. The molecule has 31 aromatic carbocycles. The lowest BCUT2D eigenvalue weighted by atomic mass is 9.44. The summed E-state index contributed by atoms with van der Waals surface area (Å²) < 4.78 is 45.7. The van der Waals surface area contributed by atoms with Gasteiger partial charge in [0.05, 0.1) is 66.1 Å². The minimum absolute atomic E-state index is 0.00589. The van der Waals surface area contributed by atoms with Crippen molar-refractivity contribution in [2.24, 2.45) is 28.1 Å². The summed E-state index contributed by atoms with van der Waals surface area (Å²) in [6, 6.07) is 23.1. The van der Waals surface area contributed by atoms with Crippen molar-refractivity contribution < 1.29 is 91.3 Å². The molecule has 0 aromatic heterocycles. The van der Waals surface area contributed by atoms with Crippen LogP contribution in [0.2, 0.25) is 0 Å². The molecule has 8 aliphatic carbocycles. The number of rotatable bonds is 22. The zero-order chi connectivity index (χ0) is 93.3. The number of carbonyl (C=O) groups is 10. The largest absolute Gasteiger partial charge is 0.465 e. The van der Waals surface area contributed by atoms with E-state index < -0.39 is 172 Å². The molecule has 1 saturated heterocycles. The van der Waals surface area contributed by atoms with Crippen LogP contribution in [0.3, 0.4) is 0 Å². The molecule has 40 rings (SSSR count). The van der Waals surface area contributed by atoms with Crippen molar-refractivity contribution in [3.05, 3.63) is 141 Å². The molecule has 4 N–H and O–H groups in total. The summed E-state index contributed by atoms with van der Waals surface area (Å²) in [4.78, 5) is 155. The number of Topliss-reactive ketones (excluding diaryl/α,β-unsaturated/α-hetero) is 2. The topological polar surface area (TPSA) is 300 Å². The molecule has 2 amide bonds. The van der Waals surface area contributed by atoms with Crippen molar-refractivity contribution >= 4 is 350 Å². The molecule has 1 heterocycles. The van der Waals surface area contributed by atoms with Gasteiger partial charge < -0.3 is 54.0 Å². The first kappa shape index (κ1) is 73.1. The molecule has 2 spiro atoms. The van der Waals surface area contributed by atoms with E-state index in [1.54, 1.807) is 99.6 Å². The van der Waals surface area contributed by atoms with E-state index in [0.29, 0.717) is 11.1 Å². The number of amides is 2. The van der Waals surface area contributed by atoms with E-state index in [-0.39, 0.29) is 55.9 Å². The summed E-state index contributed by atoms with van der Waals surface area (Å²) in [6.45, 7) is 9.78. The maximum absolute atomic E-state index is 17.9. The van der Waals surface area contributed by atoms with Crippen LogP contribution in [0, 0.1) is 28.1 Å². The zero-order valence-electron chi connectivity index (χ0n) is 76.2. The minimum Gasteiger partial charge on any atom is -0.465 e. The molecule has 31 aromatic rings. The molecule has 3 saturated carbocycles. The lowest BCUT2D eigenvalue weighted by Gasteiger charge is -2.67. The number of aliphatic hydroxyl groups is 2. The van der Waals surface area contributed by atoms with Gasteiger partial charge >= 0.3 is 35.8 Å². The number of hydrogen-bond acceptors (Lipinski definition) is 19. The Balaban J connectivity index is 0.447. The number of esters is 6. The van der Waals surface area contributed by atoms with Gasteiger partial charge in [-0.25, -0.2) is 4.79 Å². The average molecular weight is 1840 g/mol. The van der Waals surface area contributed by atoms with Gasteiger partial charge in [-0.1, -0.05) is 86.2 Å². The van der Waals surface area contributed by atoms with E-state index in [4.69, 9.17) is 33.2 Å². The second kappa shape index (κ2) is 20.7. The molecular weight excluding hydrogens is 1770 g/mol. The average Bonchev–Trinajstić information content (AvgIpc) is 1.35. The number of carbonyl (C=O) groups excluding carboxylic acids is 10. The Morgan fingerprint density at radius 1 is 0.482 bits per heavy atom. The van der Waals surface area contributed by atoms with E-state index in [1.807, 2.05) is 6.92 Å². The van der Waals surface area contributed by atoms with Crippen LogP contribution in [-0.4, -0.2) is 137 Å². The SMILES string of the molecule is CCOC(=O)C1(C(=O)OCCCNC(=O)CCC(=O)O[C@@H](C(=O)C[C@H]2C[C@@]3(O)[C@@H](OC(=O)c4ccccc4)[C@@H]4[C@]5(OC(C)=O)CO[C@@H]5C[C@H](O)[C@@]4(C)C(=O)[C@H](OC(C)=O)C(=C2C)C3(C)C)C(NC(=O)c2ccccc2)c2ccccc2)C23c4c5c6c7c8c9c(c%10c%11c2c2c4c4c%12c5c5c6c6c8c8c%13c9c9c%10c%10c%11c%11c2c2c4c4c%12c%12c5c5c6c8c6c8c%13c9c9c%10c%10c%11c2c2c4c4c%12c5c6c5c8c9c%10c2c45)C713. The normalized spacial score (nSPS) is 25.5. The van der Waals surface area contributed by atoms with Gasteiger partial charge in [0.25, 0.3) is 5.91 Å². The van der Waals surface area contributed by atoms with Crippen LogP contribution in [-0.2, 0) is 82.3 Å². The van der Waals surface area contributed by atoms with Crippen molar-refractivity contribution in [1.82, 2.24) is 10.6 Å². The van der Waals surface area contributed by atoms with Crippen LogP contribution in [0.25, 0.3) is 291 Å². The Morgan fingerprint density at radius 3 is 1.24 bits per heavy atom. The van der Waals surface area contributed by atoms with Crippen molar-refractivity contribution in [1.29, 1.82) is 0 Å². The van der Waals surface area contributed by atoms with Crippen molar-refractivity contribution in [3.63, 3.8) is 0 Å². The van der Waals surface area contributed by atoms with Gasteiger partial charge in [0.2, 0.25) is 5.91 Å². The van der Waals surface area contributed by atoms with Gasteiger partial charge in [-0.15, -0.1) is 0 Å². The molecule has 1 unspecified atom stereocenters. The number of ketones is 2. The van der Waals surface area contributed by atoms with Crippen LogP contribution in [0.4, 0.5) is 0 Å². The second-order valence-electron chi connectivity index (χ2n) is 45.3.